The van der Waals surface area contributed by atoms with Crippen molar-refractivity contribution in [1.29, 1.82) is 0 Å². The van der Waals surface area contributed by atoms with Gasteiger partial charge in [-0.1, -0.05) is 12.7 Å². The number of aryl methyl sites for hydroxylation is 1. The molecule has 0 aromatic heterocycles. The topological polar surface area (TPSA) is 44.8 Å². The van der Waals surface area contributed by atoms with E-state index < -0.39 is 6.10 Å². The van der Waals surface area contributed by atoms with Crippen LogP contribution in [-0.4, -0.2) is 25.3 Å². The second-order valence-electron chi connectivity index (χ2n) is 4.27. The molecule has 0 aliphatic carbocycles. The lowest BCUT2D eigenvalue weighted by atomic mass is 10.0. The summed E-state index contributed by atoms with van der Waals surface area (Å²) in [6, 6.07) is 5.61. The van der Waals surface area contributed by atoms with E-state index in [0.717, 1.165) is 23.5 Å². The molecule has 0 spiro atoms. The van der Waals surface area contributed by atoms with E-state index >= 15 is 0 Å². The van der Waals surface area contributed by atoms with E-state index in [9.17, 15) is 4.79 Å². The molecule has 4 nitrogen and oxygen atoms in total. The van der Waals surface area contributed by atoms with E-state index in [2.05, 4.69) is 6.58 Å². The summed E-state index contributed by atoms with van der Waals surface area (Å²) in [5.74, 6) is 1.23. The number of carbonyl (C=O) groups is 1. The average Bonchev–Trinajstić information content (AvgIpc) is 2.44. The number of rotatable bonds is 5. The maximum atomic E-state index is 11.6. The van der Waals surface area contributed by atoms with Crippen LogP contribution in [-0.2, 0) is 16.0 Å². The Morgan fingerprint density at radius 1 is 1.58 bits per heavy atom. The Kier molecular flexibility index (Phi) is 4.44. The largest absolute Gasteiger partial charge is 0.490 e. The highest BCUT2D eigenvalue weighted by atomic mass is 16.6. The van der Waals surface area contributed by atoms with Gasteiger partial charge >= 0.3 is 5.97 Å². The maximum absolute atomic E-state index is 11.6. The molecule has 0 bridgehead atoms. The summed E-state index contributed by atoms with van der Waals surface area (Å²) in [5.41, 5.74) is 1.06. The van der Waals surface area contributed by atoms with Crippen molar-refractivity contribution in [2.45, 2.75) is 25.9 Å². The summed E-state index contributed by atoms with van der Waals surface area (Å²) in [4.78, 5) is 11.6. The lowest BCUT2D eigenvalue weighted by Crippen LogP contribution is -2.32. The van der Waals surface area contributed by atoms with Crippen LogP contribution in [0.2, 0.25) is 0 Å². The van der Waals surface area contributed by atoms with Gasteiger partial charge in [0.05, 0.1) is 6.61 Å². The fraction of sp³-hybridized carbons (Fsp3) is 0.400. The molecular weight excluding hydrogens is 244 g/mol. The summed E-state index contributed by atoms with van der Waals surface area (Å²) < 4.78 is 16.1. The Bertz CT molecular complexity index is 467. The maximum Gasteiger partial charge on any atom is 0.347 e. The second kappa shape index (κ2) is 6.27. The molecule has 1 aromatic rings. The van der Waals surface area contributed by atoms with E-state index in [1.54, 1.807) is 13.0 Å². The Hall–Kier alpha value is -1.97. The number of fused-ring (bicyclic) bond motifs is 1. The highest BCUT2D eigenvalue weighted by Gasteiger charge is 2.27. The third kappa shape index (κ3) is 3.28. The van der Waals surface area contributed by atoms with Crippen LogP contribution < -0.4 is 9.47 Å². The smallest absolute Gasteiger partial charge is 0.347 e. The fourth-order valence-electron chi connectivity index (χ4n) is 2.01. The van der Waals surface area contributed by atoms with Gasteiger partial charge in [-0.15, -0.1) is 0 Å². The molecule has 19 heavy (non-hydrogen) atoms. The van der Waals surface area contributed by atoms with E-state index in [0.29, 0.717) is 19.6 Å². The highest BCUT2D eigenvalue weighted by Crippen LogP contribution is 2.31. The Labute approximate surface area is 113 Å². The molecular formula is C15H18O4. The first-order valence-corrected chi connectivity index (χ1v) is 6.44. The molecule has 1 aliphatic rings. The molecule has 4 heteroatoms. The molecule has 0 saturated heterocycles. The zero-order chi connectivity index (χ0) is 13.7. The molecule has 1 unspecified atom stereocenters. The van der Waals surface area contributed by atoms with Crippen LogP contribution in [0.1, 0.15) is 18.9 Å². The molecule has 0 amide bonds. The quantitative estimate of drug-likeness (QED) is 0.604. The SMILES string of the molecule is C=CCOc1ccc2c(c1)CCC(C(=O)OCC)O2. The molecule has 2 rings (SSSR count). The number of carbonyl (C=O) groups excluding carboxylic acids is 1. The fourth-order valence-corrected chi connectivity index (χ4v) is 2.01. The Morgan fingerprint density at radius 3 is 3.16 bits per heavy atom. The molecule has 0 fully saturated rings. The van der Waals surface area contributed by atoms with Crippen LogP contribution in [0.15, 0.2) is 30.9 Å². The van der Waals surface area contributed by atoms with Crippen molar-refractivity contribution in [2.24, 2.45) is 0 Å². The molecule has 0 radical (unpaired) electrons. The predicted molar refractivity (Wildman–Crippen MR) is 71.5 cm³/mol. The van der Waals surface area contributed by atoms with E-state index in [1.165, 1.54) is 0 Å². The third-order valence-electron chi connectivity index (χ3n) is 2.89. The third-order valence-corrected chi connectivity index (χ3v) is 2.89. The molecule has 0 saturated carbocycles. The molecule has 1 heterocycles. The van der Waals surface area contributed by atoms with Crippen LogP contribution in [0.5, 0.6) is 11.5 Å². The minimum absolute atomic E-state index is 0.292. The minimum Gasteiger partial charge on any atom is -0.490 e. The van der Waals surface area contributed by atoms with Gasteiger partial charge in [0.25, 0.3) is 0 Å². The monoisotopic (exact) mass is 262 g/mol. The second-order valence-corrected chi connectivity index (χ2v) is 4.27. The van der Waals surface area contributed by atoms with Gasteiger partial charge in [-0.2, -0.15) is 0 Å². The number of benzene rings is 1. The van der Waals surface area contributed by atoms with Gasteiger partial charge in [0.2, 0.25) is 0 Å². The number of hydrogen-bond acceptors (Lipinski definition) is 4. The minimum atomic E-state index is -0.493. The summed E-state index contributed by atoms with van der Waals surface area (Å²) in [5, 5.41) is 0. The summed E-state index contributed by atoms with van der Waals surface area (Å²) in [7, 11) is 0. The molecule has 102 valence electrons. The zero-order valence-corrected chi connectivity index (χ0v) is 11.1. The van der Waals surface area contributed by atoms with E-state index in [4.69, 9.17) is 14.2 Å². The lowest BCUT2D eigenvalue weighted by molar-refractivity contribution is -0.152. The van der Waals surface area contributed by atoms with Crippen molar-refractivity contribution in [3.63, 3.8) is 0 Å². The van der Waals surface area contributed by atoms with Crippen LogP contribution in [0.3, 0.4) is 0 Å². The zero-order valence-electron chi connectivity index (χ0n) is 11.1. The van der Waals surface area contributed by atoms with E-state index in [-0.39, 0.29) is 5.97 Å². The van der Waals surface area contributed by atoms with Crippen molar-refractivity contribution in [3.8, 4) is 11.5 Å². The summed E-state index contributed by atoms with van der Waals surface area (Å²) in [6.07, 6.45) is 2.63. The molecule has 1 atom stereocenters. The first-order valence-electron chi connectivity index (χ1n) is 6.44. The predicted octanol–water partition coefficient (Wildman–Crippen LogP) is 2.51. The molecule has 0 N–H and O–H groups in total. The van der Waals surface area contributed by atoms with Gasteiger partial charge in [0.1, 0.15) is 18.1 Å². The van der Waals surface area contributed by atoms with Crippen molar-refractivity contribution < 1.29 is 19.0 Å². The van der Waals surface area contributed by atoms with Gasteiger partial charge in [-0.3, -0.25) is 0 Å². The van der Waals surface area contributed by atoms with Gasteiger partial charge in [-0.05, 0) is 43.5 Å². The van der Waals surface area contributed by atoms with E-state index in [1.807, 2.05) is 18.2 Å². The van der Waals surface area contributed by atoms with Crippen molar-refractivity contribution in [2.75, 3.05) is 13.2 Å². The van der Waals surface area contributed by atoms with Crippen molar-refractivity contribution >= 4 is 5.97 Å². The standard InChI is InChI=1S/C15H18O4/c1-3-9-18-12-6-8-13-11(10-12)5-7-14(19-13)15(16)17-4-2/h3,6,8,10,14H,1,4-5,7,9H2,2H3. The Balaban J connectivity index is 2.05. The number of ether oxygens (including phenoxy) is 3. The van der Waals surface area contributed by atoms with Crippen LogP contribution >= 0.6 is 0 Å². The lowest BCUT2D eigenvalue weighted by Gasteiger charge is -2.24. The van der Waals surface area contributed by atoms with Crippen LogP contribution in [0.25, 0.3) is 0 Å². The van der Waals surface area contributed by atoms with Gasteiger partial charge in [-0.25, -0.2) is 4.79 Å². The van der Waals surface area contributed by atoms with Crippen LogP contribution in [0.4, 0.5) is 0 Å². The molecule has 1 aliphatic heterocycles. The van der Waals surface area contributed by atoms with Gasteiger partial charge in [0.15, 0.2) is 6.10 Å². The van der Waals surface area contributed by atoms with Gasteiger partial charge < -0.3 is 14.2 Å². The average molecular weight is 262 g/mol. The number of esters is 1. The first kappa shape index (κ1) is 13.5. The summed E-state index contributed by atoms with van der Waals surface area (Å²) >= 11 is 0. The first-order chi connectivity index (χ1) is 9.24. The van der Waals surface area contributed by atoms with Crippen molar-refractivity contribution in [3.05, 3.63) is 36.4 Å². The van der Waals surface area contributed by atoms with Crippen molar-refractivity contribution in [1.82, 2.24) is 0 Å². The van der Waals surface area contributed by atoms with Gasteiger partial charge in [0, 0.05) is 0 Å². The summed E-state index contributed by atoms with van der Waals surface area (Å²) in [6.45, 7) is 6.25. The van der Waals surface area contributed by atoms with Crippen LogP contribution in [0, 0.1) is 0 Å². The normalized spacial score (nSPS) is 17.0. The Morgan fingerprint density at radius 2 is 2.42 bits per heavy atom. The number of hydrogen-bond donors (Lipinski definition) is 0. The molecule has 1 aromatic carbocycles. The highest BCUT2D eigenvalue weighted by molar-refractivity contribution is 5.75.